The van der Waals surface area contributed by atoms with Crippen LogP contribution in [0.1, 0.15) is 16.7 Å². The molecule has 0 unspecified atom stereocenters. The first-order valence-corrected chi connectivity index (χ1v) is 8.60. The fraction of sp³-hybridized carbons (Fsp3) is 0.211. The summed E-state index contributed by atoms with van der Waals surface area (Å²) in [5, 5.41) is 1.97. The summed E-state index contributed by atoms with van der Waals surface area (Å²) in [5.74, 6) is 0.559. The van der Waals surface area contributed by atoms with Crippen molar-refractivity contribution in [2.45, 2.75) is 20.4 Å². The van der Waals surface area contributed by atoms with Crippen molar-refractivity contribution in [1.82, 2.24) is 0 Å². The molecule has 4 rings (SSSR count). The zero-order valence-electron chi connectivity index (χ0n) is 13.7. The van der Waals surface area contributed by atoms with E-state index in [1.807, 2.05) is 36.1 Å². The van der Waals surface area contributed by atoms with Crippen molar-refractivity contribution in [2.24, 2.45) is 0 Å². The Kier molecular flexibility index (Phi) is 3.89. The first-order valence-electron chi connectivity index (χ1n) is 7.85. The number of aryl methyl sites for hydroxylation is 1. The van der Waals surface area contributed by atoms with Gasteiger partial charge in [0.15, 0.2) is 6.73 Å². The monoisotopic (exact) mass is 375 g/mol. The molecule has 0 saturated carbocycles. The van der Waals surface area contributed by atoms with Gasteiger partial charge in [0.25, 0.3) is 0 Å². The Morgan fingerprint density at radius 2 is 1.84 bits per heavy atom. The van der Waals surface area contributed by atoms with Crippen LogP contribution in [0.5, 0.6) is 5.75 Å². The third-order valence-electron chi connectivity index (χ3n) is 4.66. The SMILES string of the molecule is Cc1c(C)c2cc(Cl)c3c(c2oc1=O)CN(c1ccccc1Cl)CO3. The first kappa shape index (κ1) is 16.3. The zero-order chi connectivity index (χ0) is 17.7. The maximum Gasteiger partial charge on any atom is 0.339 e. The molecule has 0 atom stereocenters. The Hall–Kier alpha value is -2.17. The molecule has 25 heavy (non-hydrogen) atoms. The molecule has 0 N–H and O–H groups in total. The summed E-state index contributed by atoms with van der Waals surface area (Å²) in [6, 6.07) is 9.35. The Balaban J connectivity index is 1.93. The van der Waals surface area contributed by atoms with E-state index in [1.165, 1.54) is 0 Å². The van der Waals surface area contributed by atoms with Gasteiger partial charge in [0, 0.05) is 10.9 Å². The quantitative estimate of drug-likeness (QED) is 0.556. The third kappa shape index (κ3) is 2.57. The number of ether oxygens (including phenoxy) is 1. The lowest BCUT2D eigenvalue weighted by molar-refractivity contribution is 0.289. The number of para-hydroxylation sites is 1. The van der Waals surface area contributed by atoms with Crippen LogP contribution in [0.15, 0.2) is 39.5 Å². The maximum atomic E-state index is 12.2. The molecule has 2 heterocycles. The molecule has 0 fully saturated rings. The molecule has 2 aromatic carbocycles. The largest absolute Gasteiger partial charge is 0.471 e. The summed E-state index contributed by atoms with van der Waals surface area (Å²) in [5.41, 5.74) is 3.24. The van der Waals surface area contributed by atoms with Crippen molar-refractivity contribution in [1.29, 1.82) is 0 Å². The predicted molar refractivity (Wildman–Crippen MR) is 100 cm³/mol. The van der Waals surface area contributed by atoms with Gasteiger partial charge >= 0.3 is 5.63 Å². The molecule has 0 bridgehead atoms. The van der Waals surface area contributed by atoms with Gasteiger partial charge in [-0.1, -0.05) is 35.3 Å². The minimum absolute atomic E-state index is 0.317. The summed E-state index contributed by atoms with van der Waals surface area (Å²) < 4.78 is 11.5. The van der Waals surface area contributed by atoms with Gasteiger partial charge in [-0.2, -0.15) is 0 Å². The maximum absolute atomic E-state index is 12.2. The Morgan fingerprint density at radius 1 is 1.08 bits per heavy atom. The van der Waals surface area contributed by atoms with Crippen LogP contribution in [0, 0.1) is 13.8 Å². The average molecular weight is 376 g/mol. The number of hydrogen-bond acceptors (Lipinski definition) is 4. The van der Waals surface area contributed by atoms with E-state index in [-0.39, 0.29) is 5.63 Å². The highest BCUT2D eigenvalue weighted by Crippen LogP contribution is 2.41. The number of fused-ring (bicyclic) bond motifs is 3. The Morgan fingerprint density at radius 3 is 2.60 bits per heavy atom. The molecule has 1 aromatic heterocycles. The van der Waals surface area contributed by atoms with Crippen LogP contribution in [0.3, 0.4) is 0 Å². The van der Waals surface area contributed by atoms with Crippen molar-refractivity contribution in [3.05, 3.63) is 67.5 Å². The number of anilines is 1. The van der Waals surface area contributed by atoms with Gasteiger partial charge in [-0.25, -0.2) is 4.79 Å². The van der Waals surface area contributed by atoms with Gasteiger partial charge in [0.2, 0.25) is 0 Å². The third-order valence-corrected chi connectivity index (χ3v) is 5.26. The molecule has 0 radical (unpaired) electrons. The highest BCUT2D eigenvalue weighted by atomic mass is 35.5. The fourth-order valence-corrected chi connectivity index (χ4v) is 3.66. The molecule has 0 spiro atoms. The lowest BCUT2D eigenvalue weighted by atomic mass is 10.0. The van der Waals surface area contributed by atoms with Gasteiger partial charge in [0.05, 0.1) is 27.8 Å². The van der Waals surface area contributed by atoms with Gasteiger partial charge in [-0.15, -0.1) is 0 Å². The molecule has 1 aliphatic heterocycles. The average Bonchev–Trinajstić information content (AvgIpc) is 2.61. The van der Waals surface area contributed by atoms with Crippen LogP contribution in [0.25, 0.3) is 11.0 Å². The van der Waals surface area contributed by atoms with Gasteiger partial charge in [-0.3, -0.25) is 0 Å². The Bertz CT molecular complexity index is 1060. The van der Waals surface area contributed by atoms with E-state index < -0.39 is 0 Å². The number of halogens is 2. The zero-order valence-corrected chi connectivity index (χ0v) is 15.2. The van der Waals surface area contributed by atoms with Gasteiger partial charge in [-0.05, 0) is 37.6 Å². The molecule has 3 aromatic rings. The van der Waals surface area contributed by atoms with Crippen LogP contribution in [0.2, 0.25) is 10.0 Å². The second-order valence-electron chi connectivity index (χ2n) is 6.11. The summed E-state index contributed by atoms with van der Waals surface area (Å²) in [4.78, 5) is 14.1. The summed E-state index contributed by atoms with van der Waals surface area (Å²) in [6.07, 6.45) is 0. The van der Waals surface area contributed by atoms with Crippen molar-refractivity contribution in [2.75, 3.05) is 11.6 Å². The van der Waals surface area contributed by atoms with Crippen LogP contribution >= 0.6 is 23.2 Å². The van der Waals surface area contributed by atoms with Crippen molar-refractivity contribution in [3.8, 4) is 5.75 Å². The number of rotatable bonds is 1. The minimum atomic E-state index is -0.343. The molecule has 4 nitrogen and oxygen atoms in total. The van der Waals surface area contributed by atoms with Gasteiger partial charge in [0.1, 0.15) is 11.3 Å². The lowest BCUT2D eigenvalue weighted by Gasteiger charge is -2.32. The van der Waals surface area contributed by atoms with E-state index in [4.69, 9.17) is 32.4 Å². The Labute approximate surface area is 154 Å². The standard InChI is InChI=1S/C19H15Cl2NO3/c1-10-11(2)19(23)25-17-12(10)7-15(21)18-13(17)8-22(9-24-18)16-6-4-3-5-14(16)20/h3-7H,8-9H2,1-2H3. The number of nitrogens with zero attached hydrogens (tertiary/aromatic N) is 1. The second-order valence-corrected chi connectivity index (χ2v) is 6.92. The highest BCUT2D eigenvalue weighted by molar-refractivity contribution is 6.33. The molecule has 0 saturated heterocycles. The number of benzene rings is 2. The van der Waals surface area contributed by atoms with Crippen LogP contribution in [-0.2, 0) is 6.54 Å². The smallest absolute Gasteiger partial charge is 0.339 e. The molecular weight excluding hydrogens is 361 g/mol. The first-order chi connectivity index (χ1) is 12.0. The van der Waals surface area contributed by atoms with Crippen molar-refractivity contribution >= 4 is 39.9 Å². The molecule has 6 heteroatoms. The molecular formula is C19H15Cl2NO3. The molecule has 0 amide bonds. The van der Waals surface area contributed by atoms with E-state index in [2.05, 4.69) is 0 Å². The lowest BCUT2D eigenvalue weighted by Crippen LogP contribution is -2.32. The topological polar surface area (TPSA) is 42.7 Å². The van der Waals surface area contributed by atoms with E-state index in [9.17, 15) is 4.79 Å². The second kappa shape index (κ2) is 5.97. The molecule has 128 valence electrons. The van der Waals surface area contributed by atoms with Crippen LogP contribution in [-0.4, -0.2) is 6.73 Å². The minimum Gasteiger partial charge on any atom is -0.471 e. The molecule has 1 aliphatic rings. The molecule has 0 aliphatic carbocycles. The van der Waals surface area contributed by atoms with E-state index in [0.29, 0.717) is 40.2 Å². The van der Waals surface area contributed by atoms with E-state index >= 15 is 0 Å². The van der Waals surface area contributed by atoms with Crippen LogP contribution in [0.4, 0.5) is 5.69 Å². The number of hydrogen-bond donors (Lipinski definition) is 0. The van der Waals surface area contributed by atoms with Crippen LogP contribution < -0.4 is 15.3 Å². The van der Waals surface area contributed by atoms with Gasteiger partial charge < -0.3 is 14.1 Å². The fourth-order valence-electron chi connectivity index (χ4n) is 3.13. The summed E-state index contributed by atoms with van der Waals surface area (Å²) >= 11 is 12.7. The van der Waals surface area contributed by atoms with Crippen molar-refractivity contribution in [3.63, 3.8) is 0 Å². The highest BCUT2D eigenvalue weighted by Gasteiger charge is 2.26. The van der Waals surface area contributed by atoms with Crippen molar-refractivity contribution < 1.29 is 9.15 Å². The van der Waals surface area contributed by atoms with E-state index in [0.717, 1.165) is 22.2 Å². The van der Waals surface area contributed by atoms with E-state index in [1.54, 1.807) is 13.0 Å². The normalized spacial score (nSPS) is 13.7. The predicted octanol–water partition coefficient (Wildman–Crippen LogP) is 5.07. The summed E-state index contributed by atoms with van der Waals surface area (Å²) in [6.45, 7) is 4.45. The summed E-state index contributed by atoms with van der Waals surface area (Å²) in [7, 11) is 0.